The normalized spacial score (nSPS) is 12.7. The molecule has 29 rings (SSSR count). The van der Waals surface area contributed by atoms with Gasteiger partial charge in [-0.1, -0.05) is 249 Å². The van der Waals surface area contributed by atoms with E-state index in [2.05, 4.69) is 362 Å². The molecule has 0 amide bonds. The Morgan fingerprint density at radius 1 is 0.208 bits per heavy atom. The minimum absolute atomic E-state index is 0.901. The van der Waals surface area contributed by atoms with Gasteiger partial charge in [-0.2, -0.15) is 0 Å². The molecule has 3 aliphatic carbocycles. The molecule has 10 nitrogen and oxygen atoms in total. The van der Waals surface area contributed by atoms with Gasteiger partial charge in [0.05, 0.1) is 95.2 Å². The Balaban J connectivity index is 0.000000101. The predicted molar refractivity (Wildman–Crippen MR) is 542 cm³/mol. The maximum absolute atomic E-state index is 5.03. The minimum Gasteiger partial charge on any atom is -0.309 e. The molecule has 0 unspecified atom stereocenters. The summed E-state index contributed by atoms with van der Waals surface area (Å²) < 4.78 is 7.34. The van der Waals surface area contributed by atoms with E-state index in [0.29, 0.717) is 0 Å². The lowest BCUT2D eigenvalue weighted by atomic mass is 9.89. The molecule has 0 fully saturated rings. The van der Waals surface area contributed by atoms with Crippen molar-refractivity contribution in [2.24, 2.45) is 0 Å². The van der Waals surface area contributed by atoms with Gasteiger partial charge in [-0.15, -0.1) is 0 Å². The molecule has 130 heavy (non-hydrogen) atoms. The first-order chi connectivity index (χ1) is 64.5. The Labute approximate surface area is 745 Å². The first-order valence-electron chi connectivity index (χ1n) is 44.5. The van der Waals surface area contributed by atoms with Crippen LogP contribution in [0.1, 0.15) is 33.4 Å². The van der Waals surface area contributed by atoms with E-state index in [4.69, 9.17) is 19.9 Å². The van der Waals surface area contributed by atoms with Gasteiger partial charge in [0.1, 0.15) is 0 Å². The van der Waals surface area contributed by atoms with Gasteiger partial charge >= 0.3 is 0 Å². The molecule has 0 bridgehead atoms. The van der Waals surface area contributed by atoms with E-state index >= 15 is 0 Å². The van der Waals surface area contributed by atoms with Crippen LogP contribution in [0.15, 0.2) is 395 Å². The van der Waals surface area contributed by atoms with Crippen LogP contribution in [0.3, 0.4) is 0 Å². The molecule has 0 aliphatic heterocycles. The molecular weight excluding hydrogens is 1580 g/mol. The molecule has 0 saturated heterocycles. The van der Waals surface area contributed by atoms with Crippen LogP contribution in [-0.4, -0.2) is 48.6 Å². The Morgan fingerprint density at radius 3 is 1.10 bits per heavy atom. The van der Waals surface area contributed by atoms with E-state index in [1.807, 2.05) is 79.8 Å². The van der Waals surface area contributed by atoms with E-state index in [9.17, 15) is 0 Å². The number of benzene rings is 16. The molecule has 3 aliphatic rings. The SMILES string of the molecule is C1=Cc2cccc3cc4c(c(c23)C1)c1ccccc1n4-c1ccc(-c2cc3cccnc3c3ncccc23)c2ccccc12.C1=Cc2cccc3cc4c(c(c23)C1)c1ccccc1n4-c1ccc(-c2cc3cccnc3c3ncccc23)cc1-c1ccccc1.C1=Cc2cccc3cc4c(c(c23)C1)c1ccccc1n4-c1ccc(-c2cc3cccnc3c3ncccc23)nc1. The van der Waals surface area contributed by atoms with Crippen molar-refractivity contribution in [3.8, 4) is 61.7 Å². The van der Waals surface area contributed by atoms with Crippen molar-refractivity contribution in [1.82, 2.24) is 48.6 Å². The van der Waals surface area contributed by atoms with Gasteiger partial charge in [0.2, 0.25) is 0 Å². The molecule has 10 aromatic heterocycles. The van der Waals surface area contributed by atoms with Crippen LogP contribution >= 0.6 is 0 Å². The van der Waals surface area contributed by atoms with Crippen LogP contribution in [0, 0.1) is 0 Å². The van der Waals surface area contributed by atoms with Crippen molar-refractivity contribution in [2.75, 3.05) is 0 Å². The van der Waals surface area contributed by atoms with Crippen molar-refractivity contribution >= 4 is 192 Å². The van der Waals surface area contributed by atoms with Crippen molar-refractivity contribution in [2.45, 2.75) is 19.3 Å². The molecule has 10 heteroatoms. The molecule has 16 aromatic carbocycles. The van der Waals surface area contributed by atoms with E-state index < -0.39 is 0 Å². The van der Waals surface area contributed by atoms with Crippen LogP contribution in [0.4, 0.5) is 0 Å². The first-order valence-corrected chi connectivity index (χ1v) is 44.5. The first kappa shape index (κ1) is 73.2. The highest BCUT2D eigenvalue weighted by Crippen LogP contribution is 2.50. The molecule has 0 saturated carbocycles. The zero-order chi connectivity index (χ0) is 85.2. The van der Waals surface area contributed by atoms with E-state index in [1.54, 1.807) is 0 Å². The Morgan fingerprint density at radius 2 is 0.600 bits per heavy atom. The highest BCUT2D eigenvalue weighted by molar-refractivity contribution is 6.23. The topological polar surface area (TPSA) is 105 Å². The lowest BCUT2D eigenvalue weighted by Crippen LogP contribution is -1.99. The number of fused-ring (bicyclic) bond motifs is 22. The summed E-state index contributed by atoms with van der Waals surface area (Å²) in [4.78, 5) is 33.2. The highest BCUT2D eigenvalue weighted by Gasteiger charge is 2.28. The van der Waals surface area contributed by atoms with Crippen molar-refractivity contribution in [1.29, 1.82) is 0 Å². The van der Waals surface area contributed by atoms with E-state index in [-0.39, 0.29) is 0 Å². The highest BCUT2D eigenvalue weighted by atomic mass is 15.0. The van der Waals surface area contributed by atoms with Crippen molar-refractivity contribution < 1.29 is 0 Å². The number of allylic oxidation sites excluding steroid dienone is 3. The molecule has 10 heterocycles. The summed E-state index contributed by atoms with van der Waals surface area (Å²) in [5.41, 5.74) is 33.5. The third-order valence-electron chi connectivity index (χ3n) is 27.4. The number of para-hydroxylation sites is 3. The third kappa shape index (κ3) is 11.2. The van der Waals surface area contributed by atoms with Crippen LogP contribution in [0.2, 0.25) is 0 Å². The predicted octanol–water partition coefficient (Wildman–Crippen LogP) is 30.0. The maximum atomic E-state index is 5.03. The standard InChI is InChI=1S/C43H27N3.C41H25N3.C36H22N4/c1-2-10-27(11-3-1)36-24-29(35-25-31-15-8-22-44-42(31)43-32(35)18-9-23-45-43)20-21-38(36)46-37-19-5-4-16-33(37)41-34-17-7-13-28-12-6-14-30(40(28)34)26-39(41)46;1-2-14-30-28(13-1)29(34-23-27-12-7-21-42-40(27)41-31(34)17-8-22-43-41)19-20-36(30)44-35-18-4-3-15-32(35)39-33-16-6-10-25-9-5-11-26(38(25)33)24-37(39)44;1-2-14-31-27(11-1)34-28-12-4-8-22-7-3-9-23(33(22)28)20-32(34)40(31)25-15-16-30(39-21-25)29-19-24-10-5-17-37-35(24)36-26(29)13-6-18-38-36/h1-16,18-26H,17H2;1-15,17-24H,16H2;1-11,13-21H,12H2. The van der Waals surface area contributed by atoms with Gasteiger partial charge in [0.25, 0.3) is 0 Å². The van der Waals surface area contributed by atoms with E-state index in [0.717, 1.165) is 113 Å². The van der Waals surface area contributed by atoms with Crippen LogP contribution in [0.5, 0.6) is 0 Å². The summed E-state index contributed by atoms with van der Waals surface area (Å²) in [6.07, 6.45) is 29.6. The Hall–Kier alpha value is -17.2. The van der Waals surface area contributed by atoms with Crippen LogP contribution in [0.25, 0.3) is 254 Å². The summed E-state index contributed by atoms with van der Waals surface area (Å²) in [6.45, 7) is 0. The summed E-state index contributed by atoms with van der Waals surface area (Å²) in [5, 5.41) is 24.9. The van der Waals surface area contributed by atoms with Crippen molar-refractivity contribution in [3.63, 3.8) is 0 Å². The van der Waals surface area contributed by atoms with E-state index in [1.165, 1.54) is 176 Å². The summed E-state index contributed by atoms with van der Waals surface area (Å²) in [5.74, 6) is 0. The van der Waals surface area contributed by atoms with Gasteiger partial charge < -0.3 is 13.7 Å². The van der Waals surface area contributed by atoms with Gasteiger partial charge in [0.15, 0.2) is 0 Å². The molecule has 0 atom stereocenters. The zero-order valence-corrected chi connectivity index (χ0v) is 70.4. The Bertz CT molecular complexity index is 9480. The maximum Gasteiger partial charge on any atom is 0.0971 e. The monoisotopic (exact) mass is 1650 g/mol. The minimum atomic E-state index is 0.901. The number of pyridine rings is 7. The average Bonchev–Trinajstić information content (AvgIpc) is 1.56. The molecular formula is C120H74N10. The second kappa shape index (κ2) is 29.2. The molecule has 604 valence electrons. The summed E-state index contributed by atoms with van der Waals surface area (Å²) >= 11 is 0. The number of aromatic nitrogens is 10. The van der Waals surface area contributed by atoms with Crippen LogP contribution in [-0.2, 0) is 19.3 Å². The molecule has 0 radical (unpaired) electrons. The van der Waals surface area contributed by atoms with Gasteiger partial charge in [-0.05, 0) is 239 Å². The third-order valence-corrected chi connectivity index (χ3v) is 27.4. The fraction of sp³-hybridized carbons (Fsp3) is 0.0250. The van der Waals surface area contributed by atoms with Gasteiger partial charge in [0, 0.05) is 118 Å². The summed E-state index contributed by atoms with van der Waals surface area (Å²) in [7, 11) is 0. The fourth-order valence-corrected chi connectivity index (χ4v) is 22.0. The number of rotatable bonds is 7. The quantitative estimate of drug-likeness (QED) is 0.146. The van der Waals surface area contributed by atoms with Gasteiger partial charge in [-0.25, -0.2) is 0 Å². The number of hydrogen-bond donors (Lipinski definition) is 0. The largest absolute Gasteiger partial charge is 0.309 e. The molecule has 0 N–H and O–H groups in total. The number of hydrogen-bond acceptors (Lipinski definition) is 7. The second-order valence-corrected chi connectivity index (χ2v) is 34.3. The lowest BCUT2D eigenvalue weighted by Gasteiger charge is -2.18. The smallest absolute Gasteiger partial charge is 0.0971 e. The lowest BCUT2D eigenvalue weighted by molar-refractivity contribution is 1.14. The van der Waals surface area contributed by atoms with Crippen molar-refractivity contribution in [3.05, 3.63) is 429 Å². The number of nitrogens with zero attached hydrogens (tertiary/aromatic N) is 10. The Kier molecular flexibility index (Phi) is 16.4. The van der Waals surface area contributed by atoms with Gasteiger partial charge in [-0.3, -0.25) is 34.9 Å². The second-order valence-electron chi connectivity index (χ2n) is 34.3. The fourth-order valence-electron chi connectivity index (χ4n) is 22.0. The molecule has 26 aromatic rings. The molecule has 0 spiro atoms. The zero-order valence-electron chi connectivity index (χ0n) is 70.4. The van der Waals surface area contributed by atoms with Crippen LogP contribution < -0.4 is 0 Å². The summed E-state index contributed by atoms with van der Waals surface area (Å²) in [6, 6.07) is 121. The average molecular weight is 1660 g/mol.